The van der Waals surface area contributed by atoms with Crippen LogP contribution in [0.1, 0.15) is 41.9 Å². The van der Waals surface area contributed by atoms with Crippen molar-refractivity contribution in [1.29, 1.82) is 0 Å². The maximum Gasteiger partial charge on any atom is 0.164 e. The number of hydrogen-bond acceptors (Lipinski definition) is 3. The molecule has 0 amide bonds. The highest BCUT2D eigenvalue weighted by molar-refractivity contribution is 6.01. The minimum absolute atomic E-state index is 0.134. The van der Waals surface area contributed by atoms with Gasteiger partial charge < -0.3 is 0 Å². The quantitative estimate of drug-likeness (QED) is 0.178. The van der Waals surface area contributed by atoms with Crippen molar-refractivity contribution in [3.63, 3.8) is 0 Å². The highest BCUT2D eigenvalue weighted by Gasteiger charge is 2.54. The zero-order chi connectivity index (χ0) is 37.6. The summed E-state index contributed by atoms with van der Waals surface area (Å²) in [6.07, 6.45) is 13.5. The Morgan fingerprint density at radius 1 is 0.500 bits per heavy atom. The lowest BCUT2D eigenvalue weighted by atomic mass is 9.67. The van der Waals surface area contributed by atoms with Gasteiger partial charge >= 0.3 is 0 Å². The van der Waals surface area contributed by atoms with Crippen LogP contribution in [0.3, 0.4) is 0 Å². The SMILES string of the molecule is C\C=C/C=C1/C(=C2\C=C(c3nc(-c4ccccc4)nc(-c4ccc(-c5ccccc5)cc4)n3)C=CC2C)C2(c3ccccc31)c1ccccc1-c1ccccc12. The van der Waals surface area contributed by atoms with E-state index in [2.05, 4.69) is 184 Å². The highest BCUT2D eigenvalue weighted by atomic mass is 15.0. The van der Waals surface area contributed by atoms with Gasteiger partial charge in [0.25, 0.3) is 0 Å². The normalized spacial score (nSPS) is 18.3. The molecule has 3 aliphatic carbocycles. The predicted molar refractivity (Wildman–Crippen MR) is 230 cm³/mol. The van der Waals surface area contributed by atoms with Crippen LogP contribution in [0.2, 0.25) is 0 Å². The fourth-order valence-corrected chi connectivity index (χ4v) is 8.98. The average molecular weight is 718 g/mol. The van der Waals surface area contributed by atoms with Crippen molar-refractivity contribution in [1.82, 2.24) is 15.0 Å². The summed E-state index contributed by atoms with van der Waals surface area (Å²) >= 11 is 0. The summed E-state index contributed by atoms with van der Waals surface area (Å²) in [5.41, 5.74) is 16.3. The van der Waals surface area contributed by atoms with E-state index in [0.29, 0.717) is 17.5 Å². The predicted octanol–water partition coefficient (Wildman–Crippen LogP) is 12.7. The van der Waals surface area contributed by atoms with Crippen LogP contribution in [0.4, 0.5) is 0 Å². The maximum atomic E-state index is 5.22. The third kappa shape index (κ3) is 5.31. The summed E-state index contributed by atoms with van der Waals surface area (Å²) in [7, 11) is 0. The van der Waals surface area contributed by atoms with Gasteiger partial charge in [-0.15, -0.1) is 0 Å². The second-order valence-corrected chi connectivity index (χ2v) is 14.7. The van der Waals surface area contributed by atoms with Crippen molar-refractivity contribution >= 4 is 11.1 Å². The van der Waals surface area contributed by atoms with E-state index in [9.17, 15) is 0 Å². The maximum absolute atomic E-state index is 5.22. The molecule has 6 aromatic carbocycles. The molecule has 3 aliphatic rings. The minimum atomic E-state index is -0.493. The molecular formula is C53H39N3. The molecule has 7 aromatic rings. The molecule has 56 heavy (non-hydrogen) atoms. The van der Waals surface area contributed by atoms with E-state index in [4.69, 9.17) is 15.0 Å². The molecule has 1 unspecified atom stereocenters. The van der Waals surface area contributed by atoms with Gasteiger partial charge in [-0.1, -0.05) is 195 Å². The average Bonchev–Trinajstić information content (AvgIpc) is 3.73. The molecule has 266 valence electrons. The van der Waals surface area contributed by atoms with E-state index in [1.807, 2.05) is 24.3 Å². The Bertz CT molecular complexity index is 2760. The number of benzene rings is 6. The fraction of sp³-hybridized carbons (Fsp3) is 0.0755. The van der Waals surface area contributed by atoms with Gasteiger partial charge in [-0.2, -0.15) is 0 Å². The summed E-state index contributed by atoms with van der Waals surface area (Å²) < 4.78 is 0. The molecule has 3 heteroatoms. The Balaban J connectivity index is 1.21. The summed E-state index contributed by atoms with van der Waals surface area (Å²) in [6.45, 7) is 4.40. The molecule has 0 fully saturated rings. The Morgan fingerprint density at radius 2 is 0.964 bits per heavy atom. The van der Waals surface area contributed by atoms with Gasteiger partial charge in [0.15, 0.2) is 17.5 Å². The van der Waals surface area contributed by atoms with Crippen molar-refractivity contribution in [2.24, 2.45) is 5.92 Å². The Kier molecular flexibility index (Phi) is 8.22. The largest absolute Gasteiger partial charge is 0.208 e. The third-order valence-corrected chi connectivity index (χ3v) is 11.5. The van der Waals surface area contributed by atoms with Gasteiger partial charge in [-0.3, -0.25) is 0 Å². The smallest absolute Gasteiger partial charge is 0.164 e. The number of nitrogens with zero attached hydrogens (tertiary/aromatic N) is 3. The van der Waals surface area contributed by atoms with E-state index in [1.54, 1.807) is 0 Å². The van der Waals surface area contributed by atoms with Gasteiger partial charge in [0, 0.05) is 16.7 Å². The lowest BCUT2D eigenvalue weighted by Gasteiger charge is -2.34. The van der Waals surface area contributed by atoms with E-state index in [0.717, 1.165) is 22.3 Å². The van der Waals surface area contributed by atoms with Crippen molar-refractivity contribution in [2.45, 2.75) is 19.3 Å². The molecule has 0 saturated carbocycles. The first-order valence-electron chi connectivity index (χ1n) is 19.4. The molecule has 0 N–H and O–H groups in total. The number of rotatable bonds is 5. The molecule has 0 bridgehead atoms. The standard InChI is InChI=1S/C53H39N3/c1-3-4-21-44-43-24-13-16-27-48(43)53(46-25-14-11-22-41(46)42-23-12-15-26-47(42)53)49(44)45-34-40(29-28-35(45)2)52-55-50(38-19-9-6-10-20-38)54-51(56-52)39-32-30-37(31-33-39)36-17-7-5-8-18-36/h3-35H,1-2H3/b4-3-,44-21+,49-45-. The van der Waals surface area contributed by atoms with Crippen molar-refractivity contribution < 1.29 is 0 Å². The van der Waals surface area contributed by atoms with Gasteiger partial charge in [0.05, 0.1) is 5.41 Å². The second-order valence-electron chi connectivity index (χ2n) is 14.7. The van der Waals surface area contributed by atoms with Gasteiger partial charge in [0.1, 0.15) is 0 Å². The Labute approximate surface area is 328 Å². The van der Waals surface area contributed by atoms with E-state index >= 15 is 0 Å². The van der Waals surface area contributed by atoms with Gasteiger partial charge in [-0.05, 0) is 80.1 Å². The highest BCUT2D eigenvalue weighted by Crippen LogP contribution is 2.65. The van der Waals surface area contributed by atoms with Crippen LogP contribution in [0.25, 0.3) is 56.2 Å². The molecule has 1 spiro atoms. The minimum Gasteiger partial charge on any atom is -0.208 e. The molecule has 10 rings (SSSR count). The van der Waals surface area contributed by atoms with Crippen LogP contribution >= 0.6 is 0 Å². The van der Waals surface area contributed by atoms with Gasteiger partial charge in [-0.25, -0.2) is 15.0 Å². The molecule has 0 saturated heterocycles. The molecule has 1 heterocycles. The topological polar surface area (TPSA) is 38.7 Å². The van der Waals surface area contributed by atoms with Crippen LogP contribution < -0.4 is 0 Å². The number of fused-ring (bicyclic) bond motifs is 7. The zero-order valence-electron chi connectivity index (χ0n) is 31.4. The molecule has 0 aliphatic heterocycles. The first-order chi connectivity index (χ1) is 27.6. The Hall–Kier alpha value is -6.97. The fourth-order valence-electron chi connectivity index (χ4n) is 8.98. The lowest BCUT2D eigenvalue weighted by Crippen LogP contribution is -2.28. The molecule has 1 atom stereocenters. The van der Waals surface area contributed by atoms with Crippen LogP contribution in [0.5, 0.6) is 0 Å². The monoisotopic (exact) mass is 717 g/mol. The zero-order valence-corrected chi connectivity index (χ0v) is 31.4. The van der Waals surface area contributed by atoms with Crippen LogP contribution in [0, 0.1) is 5.92 Å². The summed E-state index contributed by atoms with van der Waals surface area (Å²) in [5.74, 6) is 2.08. The summed E-state index contributed by atoms with van der Waals surface area (Å²) in [5, 5.41) is 0. The van der Waals surface area contributed by atoms with Gasteiger partial charge in [0.2, 0.25) is 0 Å². The Morgan fingerprint density at radius 3 is 1.57 bits per heavy atom. The number of hydrogen-bond donors (Lipinski definition) is 0. The number of aromatic nitrogens is 3. The summed E-state index contributed by atoms with van der Waals surface area (Å²) in [6, 6.07) is 56.2. The number of allylic oxidation sites excluding steroid dienone is 10. The molecular weight excluding hydrogens is 679 g/mol. The van der Waals surface area contributed by atoms with Crippen LogP contribution in [-0.2, 0) is 5.41 Å². The second kappa shape index (κ2) is 13.7. The first kappa shape index (κ1) is 33.6. The summed E-state index contributed by atoms with van der Waals surface area (Å²) in [4.78, 5) is 15.5. The first-order valence-corrected chi connectivity index (χ1v) is 19.4. The molecule has 0 radical (unpaired) electrons. The van der Waals surface area contributed by atoms with Crippen molar-refractivity contribution in [3.05, 3.63) is 233 Å². The van der Waals surface area contributed by atoms with Crippen molar-refractivity contribution in [3.8, 4) is 45.0 Å². The molecule has 3 nitrogen and oxygen atoms in total. The van der Waals surface area contributed by atoms with Crippen LogP contribution in [-0.4, -0.2) is 15.0 Å². The lowest BCUT2D eigenvalue weighted by molar-refractivity contribution is 0.758. The van der Waals surface area contributed by atoms with Crippen LogP contribution in [0.15, 0.2) is 205 Å². The van der Waals surface area contributed by atoms with E-state index in [-0.39, 0.29) is 5.92 Å². The third-order valence-electron chi connectivity index (χ3n) is 11.5. The van der Waals surface area contributed by atoms with E-state index < -0.39 is 5.41 Å². The van der Waals surface area contributed by atoms with E-state index in [1.165, 1.54) is 55.7 Å². The molecule has 1 aromatic heterocycles. The van der Waals surface area contributed by atoms with Crippen molar-refractivity contribution in [2.75, 3.05) is 0 Å².